The fraction of sp³-hybridized carbons (Fsp3) is 0.333. The standard InChI is InChI=1S/C27H30F2N6O3S/c1-3-17-5-4-6-18(8-17)13-30-14-23(36)22(11-19-9-20(28)12-21(29)10-19)32-24(37)15-39-27-33-26-31-16(2)7-25(38)35(26)34-27/h4-10,12,22-23,30,36H,3,11,13-15H2,1-2H3,(H,32,37)(H,31,33,34)/t22-,23-/m0/s1. The molecule has 0 aliphatic heterocycles. The number of rotatable bonds is 12. The quantitative estimate of drug-likeness (QED) is 0.198. The summed E-state index contributed by atoms with van der Waals surface area (Å²) in [6.07, 6.45) is -0.118. The van der Waals surface area contributed by atoms with Gasteiger partial charge in [0.1, 0.15) is 11.6 Å². The van der Waals surface area contributed by atoms with Crippen LogP contribution < -0.4 is 16.2 Å². The fourth-order valence-electron chi connectivity index (χ4n) is 4.15. The van der Waals surface area contributed by atoms with Gasteiger partial charge in [-0.3, -0.25) is 14.7 Å². The molecular weight excluding hydrogens is 526 g/mol. The molecule has 0 fully saturated rings. The smallest absolute Gasteiger partial charge is 0.274 e. The Labute approximate surface area is 228 Å². The van der Waals surface area contributed by atoms with Crippen molar-refractivity contribution >= 4 is 23.4 Å². The van der Waals surface area contributed by atoms with Gasteiger partial charge in [-0.2, -0.15) is 9.50 Å². The van der Waals surface area contributed by atoms with Crippen LogP contribution in [-0.4, -0.2) is 55.0 Å². The average Bonchev–Trinajstić information content (AvgIpc) is 3.30. The number of hydrogen-bond donors (Lipinski definition) is 4. The second kappa shape index (κ2) is 13.0. The number of nitrogens with zero attached hydrogens (tertiary/aromatic N) is 3. The number of halogens is 2. The zero-order chi connectivity index (χ0) is 27.9. The van der Waals surface area contributed by atoms with Gasteiger partial charge in [-0.1, -0.05) is 43.0 Å². The molecule has 0 radical (unpaired) electrons. The number of carbonyl (C=O) groups excluding carboxylic acids is 1. The first kappa shape index (κ1) is 28.4. The van der Waals surface area contributed by atoms with Crippen LogP contribution in [-0.2, 0) is 24.2 Å². The van der Waals surface area contributed by atoms with Gasteiger partial charge in [0, 0.05) is 30.9 Å². The number of fused-ring (bicyclic) bond motifs is 1. The molecule has 12 heteroatoms. The Bertz CT molecular complexity index is 1490. The first-order valence-electron chi connectivity index (χ1n) is 12.5. The molecule has 0 aliphatic carbocycles. The second-order valence-electron chi connectivity index (χ2n) is 9.22. The van der Waals surface area contributed by atoms with Crippen LogP contribution in [0.4, 0.5) is 8.78 Å². The average molecular weight is 557 g/mol. The maximum absolute atomic E-state index is 13.8. The number of thioether (sulfide) groups is 1. The fourth-order valence-corrected chi connectivity index (χ4v) is 4.81. The van der Waals surface area contributed by atoms with Crippen molar-refractivity contribution in [2.75, 3.05) is 12.3 Å². The van der Waals surface area contributed by atoms with Gasteiger partial charge in [0.25, 0.3) is 11.3 Å². The molecule has 0 saturated carbocycles. The van der Waals surface area contributed by atoms with Crippen molar-refractivity contribution in [3.8, 4) is 0 Å². The van der Waals surface area contributed by atoms with Crippen LogP contribution in [0, 0.1) is 18.6 Å². The predicted octanol–water partition coefficient (Wildman–Crippen LogP) is 2.54. The van der Waals surface area contributed by atoms with Crippen LogP contribution in [0.2, 0.25) is 0 Å². The van der Waals surface area contributed by atoms with Crippen LogP contribution in [0.5, 0.6) is 0 Å². The van der Waals surface area contributed by atoms with Crippen LogP contribution >= 0.6 is 11.8 Å². The maximum Gasteiger partial charge on any atom is 0.274 e. The van der Waals surface area contributed by atoms with E-state index in [-0.39, 0.29) is 30.1 Å². The summed E-state index contributed by atoms with van der Waals surface area (Å²) in [5.74, 6) is -1.78. The van der Waals surface area contributed by atoms with E-state index in [0.29, 0.717) is 23.0 Å². The van der Waals surface area contributed by atoms with Crippen molar-refractivity contribution in [1.29, 1.82) is 0 Å². The van der Waals surface area contributed by atoms with Gasteiger partial charge in [-0.15, -0.1) is 0 Å². The molecule has 2 aromatic carbocycles. The second-order valence-corrected chi connectivity index (χ2v) is 10.2. The Hall–Kier alpha value is -3.61. The van der Waals surface area contributed by atoms with Crippen molar-refractivity contribution < 1.29 is 18.7 Å². The van der Waals surface area contributed by atoms with Crippen molar-refractivity contribution in [2.45, 2.75) is 50.5 Å². The third-order valence-electron chi connectivity index (χ3n) is 6.05. The molecule has 0 bridgehead atoms. The first-order valence-corrected chi connectivity index (χ1v) is 13.5. The van der Waals surface area contributed by atoms with Gasteiger partial charge in [0.2, 0.25) is 5.91 Å². The van der Waals surface area contributed by atoms with E-state index in [4.69, 9.17) is 0 Å². The van der Waals surface area contributed by atoms with Gasteiger partial charge < -0.3 is 15.7 Å². The molecule has 0 aliphatic rings. The van der Waals surface area contributed by atoms with Gasteiger partial charge in [0.05, 0.1) is 17.9 Å². The van der Waals surface area contributed by atoms with E-state index in [0.717, 1.165) is 29.8 Å². The van der Waals surface area contributed by atoms with Crippen LogP contribution in [0.3, 0.4) is 0 Å². The summed E-state index contributed by atoms with van der Waals surface area (Å²) < 4.78 is 28.8. The highest BCUT2D eigenvalue weighted by atomic mass is 32.2. The number of aromatic nitrogens is 4. The lowest BCUT2D eigenvalue weighted by atomic mass is 10.0. The van der Waals surface area contributed by atoms with E-state index in [1.54, 1.807) is 6.92 Å². The number of aromatic amines is 1. The number of aryl methyl sites for hydroxylation is 2. The van der Waals surface area contributed by atoms with E-state index in [1.807, 2.05) is 18.2 Å². The SMILES string of the molecule is CCc1cccc(CNC[C@H](O)[C@H](Cc2cc(F)cc(F)c2)NC(=O)CSc2nc3nc(C)cc(=O)n3[nH]2)c1. The molecule has 39 heavy (non-hydrogen) atoms. The summed E-state index contributed by atoms with van der Waals surface area (Å²) in [6.45, 7) is 4.41. The minimum absolute atomic E-state index is 0.0164. The molecule has 9 nitrogen and oxygen atoms in total. The Balaban J connectivity index is 1.40. The Morgan fingerprint density at radius 3 is 2.59 bits per heavy atom. The lowest BCUT2D eigenvalue weighted by Crippen LogP contribution is -2.49. The molecule has 4 aromatic rings. The summed E-state index contributed by atoms with van der Waals surface area (Å²) in [4.78, 5) is 33.3. The Morgan fingerprint density at radius 2 is 1.85 bits per heavy atom. The number of H-pyrrole nitrogens is 1. The lowest BCUT2D eigenvalue weighted by Gasteiger charge is -2.25. The van der Waals surface area contributed by atoms with Gasteiger partial charge in [-0.05, 0) is 48.6 Å². The molecule has 2 heterocycles. The van der Waals surface area contributed by atoms with Crippen molar-refractivity contribution in [2.24, 2.45) is 0 Å². The summed E-state index contributed by atoms with van der Waals surface area (Å²) in [7, 11) is 0. The molecule has 1 amide bonds. The van der Waals surface area contributed by atoms with Crippen LogP contribution in [0.15, 0.2) is 58.5 Å². The molecular formula is C27H30F2N6O3S. The largest absolute Gasteiger partial charge is 0.390 e. The van der Waals surface area contributed by atoms with Crippen molar-refractivity contribution in [3.63, 3.8) is 0 Å². The molecule has 0 unspecified atom stereocenters. The van der Waals surface area contributed by atoms with Crippen molar-refractivity contribution in [1.82, 2.24) is 30.2 Å². The molecule has 0 saturated heterocycles. The zero-order valence-electron chi connectivity index (χ0n) is 21.6. The monoisotopic (exact) mass is 556 g/mol. The van der Waals surface area contributed by atoms with E-state index < -0.39 is 29.7 Å². The maximum atomic E-state index is 13.8. The highest BCUT2D eigenvalue weighted by molar-refractivity contribution is 7.99. The molecule has 4 N–H and O–H groups in total. The minimum atomic E-state index is -1.04. The number of carbonyl (C=O) groups is 1. The highest BCUT2D eigenvalue weighted by Crippen LogP contribution is 2.15. The number of aliphatic hydroxyl groups excluding tert-OH is 1. The third kappa shape index (κ3) is 7.94. The molecule has 206 valence electrons. The van der Waals surface area contributed by atoms with Gasteiger partial charge in [-0.25, -0.2) is 13.8 Å². The van der Waals surface area contributed by atoms with E-state index in [2.05, 4.69) is 38.7 Å². The zero-order valence-corrected chi connectivity index (χ0v) is 22.4. The molecule has 2 atom stereocenters. The van der Waals surface area contributed by atoms with Gasteiger partial charge in [0.15, 0.2) is 5.16 Å². The summed E-state index contributed by atoms with van der Waals surface area (Å²) in [5.41, 5.74) is 2.77. The molecule has 2 aromatic heterocycles. The molecule has 0 spiro atoms. The van der Waals surface area contributed by atoms with E-state index >= 15 is 0 Å². The highest BCUT2D eigenvalue weighted by Gasteiger charge is 2.23. The number of hydrogen-bond acceptors (Lipinski definition) is 7. The normalized spacial score (nSPS) is 12.9. The van der Waals surface area contributed by atoms with Crippen LogP contribution in [0.25, 0.3) is 5.78 Å². The topological polar surface area (TPSA) is 124 Å². The predicted molar refractivity (Wildman–Crippen MR) is 145 cm³/mol. The number of nitrogens with one attached hydrogen (secondary N) is 3. The first-order chi connectivity index (χ1) is 18.7. The van der Waals surface area contributed by atoms with E-state index in [1.165, 1.54) is 28.3 Å². The third-order valence-corrected chi connectivity index (χ3v) is 6.91. The number of benzene rings is 2. The van der Waals surface area contributed by atoms with E-state index in [9.17, 15) is 23.5 Å². The van der Waals surface area contributed by atoms with Gasteiger partial charge >= 0.3 is 0 Å². The van der Waals surface area contributed by atoms with Crippen LogP contribution in [0.1, 0.15) is 29.3 Å². The summed E-state index contributed by atoms with van der Waals surface area (Å²) in [6, 6.07) is 11.7. The number of amides is 1. The van der Waals surface area contributed by atoms with Crippen molar-refractivity contribution in [3.05, 3.63) is 92.9 Å². The minimum Gasteiger partial charge on any atom is -0.390 e. The summed E-state index contributed by atoms with van der Waals surface area (Å²) >= 11 is 1.06. The summed E-state index contributed by atoms with van der Waals surface area (Å²) in [5, 5.41) is 20.0. The molecule has 4 rings (SSSR count). The number of aliphatic hydroxyl groups is 1. The Kier molecular flexibility index (Phi) is 9.44. The lowest BCUT2D eigenvalue weighted by molar-refractivity contribution is -0.120. The Morgan fingerprint density at radius 1 is 1.10 bits per heavy atom.